The van der Waals surface area contributed by atoms with Gasteiger partial charge in [-0.1, -0.05) is 31.9 Å². The van der Waals surface area contributed by atoms with Crippen LogP contribution >= 0.6 is 36.6 Å². The van der Waals surface area contributed by atoms with Crippen molar-refractivity contribution in [3.63, 3.8) is 0 Å². The molecule has 1 heterocycles. The monoisotopic (exact) mass is 350 g/mol. The number of hydrogen-bond donors (Lipinski definition) is 1. The second-order valence-electron chi connectivity index (χ2n) is 5.22. The second-order valence-corrected chi connectivity index (χ2v) is 6.10. The fraction of sp³-hybridized carbons (Fsp3) is 0.625. The van der Waals surface area contributed by atoms with Gasteiger partial charge in [-0.2, -0.15) is 0 Å². The van der Waals surface area contributed by atoms with Crippen molar-refractivity contribution in [2.75, 3.05) is 32.4 Å². The Morgan fingerprint density at radius 2 is 1.76 bits per heavy atom. The lowest BCUT2D eigenvalue weighted by Crippen LogP contribution is -2.45. The predicted molar refractivity (Wildman–Crippen MR) is 99.4 cm³/mol. The minimum Gasteiger partial charge on any atom is -0.314 e. The first-order valence-corrected chi connectivity index (χ1v) is 8.66. The summed E-state index contributed by atoms with van der Waals surface area (Å²) in [7, 11) is 0. The molecule has 1 atom stereocenters. The van der Waals surface area contributed by atoms with E-state index in [-0.39, 0.29) is 24.8 Å². The van der Waals surface area contributed by atoms with Crippen LogP contribution in [0.2, 0.25) is 0 Å². The van der Waals surface area contributed by atoms with Gasteiger partial charge in [0.2, 0.25) is 0 Å². The maximum atomic E-state index is 3.45. The second kappa shape index (κ2) is 11.6. The van der Waals surface area contributed by atoms with Crippen LogP contribution in [-0.4, -0.2) is 37.3 Å². The van der Waals surface area contributed by atoms with Gasteiger partial charge in [-0.05, 0) is 30.4 Å². The van der Waals surface area contributed by atoms with Gasteiger partial charge in [-0.25, -0.2) is 0 Å². The lowest BCUT2D eigenvalue weighted by Gasteiger charge is -2.35. The number of unbranched alkanes of at least 4 members (excludes halogenated alkanes) is 1. The number of nitrogens with zero attached hydrogens (tertiary/aromatic N) is 1. The van der Waals surface area contributed by atoms with Gasteiger partial charge < -0.3 is 5.32 Å². The molecule has 0 amide bonds. The number of hydrogen-bond acceptors (Lipinski definition) is 3. The third-order valence-corrected chi connectivity index (χ3v) is 4.67. The maximum absolute atomic E-state index is 3.45. The molecular weight excluding hydrogens is 323 g/mol. The number of thioether (sulfide) groups is 1. The lowest BCUT2D eigenvalue weighted by atomic mass is 9.99. The van der Waals surface area contributed by atoms with E-state index in [2.05, 4.69) is 47.7 Å². The van der Waals surface area contributed by atoms with Gasteiger partial charge in [-0.15, -0.1) is 36.6 Å². The Morgan fingerprint density at radius 3 is 2.29 bits per heavy atom. The molecule has 0 aliphatic carbocycles. The molecule has 0 spiro atoms. The van der Waals surface area contributed by atoms with Crippen LogP contribution in [-0.2, 0) is 0 Å². The first-order valence-electron chi connectivity index (χ1n) is 7.44. The van der Waals surface area contributed by atoms with Gasteiger partial charge in [0.25, 0.3) is 0 Å². The van der Waals surface area contributed by atoms with Crippen LogP contribution in [0.25, 0.3) is 0 Å². The summed E-state index contributed by atoms with van der Waals surface area (Å²) in [6.07, 6.45) is 6.03. The molecule has 0 saturated carbocycles. The minimum absolute atomic E-state index is 0. The molecular formula is C16H28Cl2N2S. The standard InChI is InChI=1S/C16H26N2S.2ClH/c1-3-4-5-16(18-12-10-17-11-13-18)14-6-8-15(19-2)9-7-14;;/h6-9,16-17H,3-5,10-13H2,1-2H3;2*1H/t16-;;/m1../s1. The van der Waals surface area contributed by atoms with E-state index >= 15 is 0 Å². The quantitative estimate of drug-likeness (QED) is 0.766. The summed E-state index contributed by atoms with van der Waals surface area (Å²) in [6.45, 7) is 6.90. The van der Waals surface area contributed by atoms with Gasteiger partial charge in [0.15, 0.2) is 0 Å². The summed E-state index contributed by atoms with van der Waals surface area (Å²) in [5, 5.41) is 3.45. The van der Waals surface area contributed by atoms with Crippen LogP contribution < -0.4 is 5.32 Å². The smallest absolute Gasteiger partial charge is 0.0349 e. The summed E-state index contributed by atoms with van der Waals surface area (Å²) in [4.78, 5) is 4.01. The Morgan fingerprint density at radius 1 is 1.14 bits per heavy atom. The van der Waals surface area contributed by atoms with Crippen molar-refractivity contribution < 1.29 is 0 Å². The van der Waals surface area contributed by atoms with Crippen LogP contribution in [0.3, 0.4) is 0 Å². The molecule has 2 nitrogen and oxygen atoms in total. The lowest BCUT2D eigenvalue weighted by molar-refractivity contribution is 0.163. The highest BCUT2D eigenvalue weighted by molar-refractivity contribution is 7.98. The summed E-state index contributed by atoms with van der Waals surface area (Å²) in [5.41, 5.74) is 1.49. The van der Waals surface area contributed by atoms with Crippen LogP contribution in [0.4, 0.5) is 0 Å². The summed E-state index contributed by atoms with van der Waals surface area (Å²) in [5.74, 6) is 0. The molecule has 2 rings (SSSR count). The number of nitrogens with one attached hydrogen (secondary N) is 1. The first kappa shape index (κ1) is 21.1. The molecule has 0 bridgehead atoms. The zero-order chi connectivity index (χ0) is 13.5. The van der Waals surface area contributed by atoms with Gasteiger partial charge in [-0.3, -0.25) is 4.90 Å². The largest absolute Gasteiger partial charge is 0.314 e. The number of rotatable bonds is 6. The van der Waals surface area contributed by atoms with Crippen LogP contribution in [0.15, 0.2) is 29.2 Å². The van der Waals surface area contributed by atoms with E-state index < -0.39 is 0 Å². The van der Waals surface area contributed by atoms with Crippen molar-refractivity contribution in [1.82, 2.24) is 10.2 Å². The number of halogens is 2. The van der Waals surface area contributed by atoms with E-state index in [4.69, 9.17) is 0 Å². The number of piperazine rings is 1. The topological polar surface area (TPSA) is 15.3 Å². The van der Waals surface area contributed by atoms with Gasteiger partial charge >= 0.3 is 0 Å². The fourth-order valence-electron chi connectivity index (χ4n) is 2.78. The molecule has 0 radical (unpaired) electrons. The Balaban J connectivity index is 0.00000200. The van der Waals surface area contributed by atoms with E-state index in [0.29, 0.717) is 6.04 Å². The highest BCUT2D eigenvalue weighted by atomic mass is 35.5. The molecule has 5 heteroatoms. The Kier molecular flexibility index (Phi) is 11.7. The van der Waals surface area contributed by atoms with Crippen LogP contribution in [0, 0.1) is 0 Å². The Bertz CT molecular complexity index is 367. The fourth-order valence-corrected chi connectivity index (χ4v) is 3.19. The Hall–Kier alpha value is 0.0700. The zero-order valence-corrected chi connectivity index (χ0v) is 15.5. The van der Waals surface area contributed by atoms with Crippen molar-refractivity contribution >= 4 is 36.6 Å². The van der Waals surface area contributed by atoms with Crippen LogP contribution in [0.5, 0.6) is 0 Å². The maximum Gasteiger partial charge on any atom is 0.0349 e. The normalized spacial score (nSPS) is 16.7. The first-order chi connectivity index (χ1) is 9.35. The average Bonchev–Trinajstić information content (AvgIpc) is 2.49. The minimum atomic E-state index is 0. The van der Waals surface area contributed by atoms with Gasteiger partial charge in [0.1, 0.15) is 0 Å². The molecule has 0 unspecified atom stereocenters. The molecule has 1 aliphatic heterocycles. The van der Waals surface area contributed by atoms with E-state index in [9.17, 15) is 0 Å². The van der Waals surface area contributed by atoms with E-state index in [1.165, 1.54) is 42.8 Å². The van der Waals surface area contributed by atoms with Gasteiger partial charge in [0, 0.05) is 37.1 Å². The summed E-state index contributed by atoms with van der Waals surface area (Å²) < 4.78 is 0. The molecule has 1 aliphatic rings. The zero-order valence-electron chi connectivity index (χ0n) is 13.0. The third-order valence-electron chi connectivity index (χ3n) is 3.92. The van der Waals surface area contributed by atoms with Crippen molar-refractivity contribution in [3.05, 3.63) is 29.8 Å². The third kappa shape index (κ3) is 6.37. The highest BCUT2D eigenvalue weighted by Gasteiger charge is 2.21. The van der Waals surface area contributed by atoms with E-state index in [1.807, 2.05) is 11.8 Å². The van der Waals surface area contributed by atoms with E-state index in [0.717, 1.165) is 13.1 Å². The highest BCUT2D eigenvalue weighted by Crippen LogP contribution is 2.28. The molecule has 1 N–H and O–H groups in total. The van der Waals surface area contributed by atoms with Crippen molar-refractivity contribution in [3.8, 4) is 0 Å². The van der Waals surface area contributed by atoms with Crippen molar-refractivity contribution in [2.24, 2.45) is 0 Å². The molecule has 122 valence electrons. The van der Waals surface area contributed by atoms with Gasteiger partial charge in [0.05, 0.1) is 0 Å². The summed E-state index contributed by atoms with van der Waals surface area (Å²) in [6, 6.07) is 9.79. The predicted octanol–water partition coefficient (Wildman–Crippen LogP) is 4.39. The molecule has 1 aromatic carbocycles. The number of benzene rings is 1. The van der Waals surface area contributed by atoms with Crippen molar-refractivity contribution in [2.45, 2.75) is 37.1 Å². The Labute approximate surface area is 146 Å². The molecule has 1 saturated heterocycles. The van der Waals surface area contributed by atoms with Crippen LogP contribution in [0.1, 0.15) is 37.8 Å². The van der Waals surface area contributed by atoms with E-state index in [1.54, 1.807) is 0 Å². The van der Waals surface area contributed by atoms with Crippen molar-refractivity contribution in [1.29, 1.82) is 0 Å². The molecule has 0 aromatic heterocycles. The molecule has 1 aromatic rings. The average molecular weight is 351 g/mol. The SMILES string of the molecule is CCCC[C@H](c1ccc(SC)cc1)N1CCNCC1.Cl.Cl. The summed E-state index contributed by atoms with van der Waals surface area (Å²) >= 11 is 1.82. The molecule has 1 fully saturated rings. The molecule has 21 heavy (non-hydrogen) atoms.